The SMILES string of the molecule is O=C(O)CC1CN(c2ccccc2)CCN1c1c(Br)cccc1[N+](=O)[O-]. The normalized spacial score (nSPS) is 17.2. The van der Waals surface area contributed by atoms with Crippen LogP contribution >= 0.6 is 15.9 Å². The molecule has 1 fully saturated rings. The Morgan fingerprint density at radius 1 is 1.19 bits per heavy atom. The van der Waals surface area contributed by atoms with Crippen molar-refractivity contribution in [2.45, 2.75) is 12.5 Å². The van der Waals surface area contributed by atoms with E-state index in [1.165, 1.54) is 6.07 Å². The van der Waals surface area contributed by atoms with Gasteiger partial charge < -0.3 is 14.9 Å². The first-order valence-corrected chi connectivity index (χ1v) is 8.98. The predicted octanol–water partition coefficient (Wildman–Crippen LogP) is 3.53. The molecule has 7 nitrogen and oxygen atoms in total. The summed E-state index contributed by atoms with van der Waals surface area (Å²) in [6.45, 7) is 1.63. The Kier molecular flexibility index (Phi) is 5.41. The second-order valence-corrected chi connectivity index (χ2v) is 6.95. The van der Waals surface area contributed by atoms with Crippen LogP contribution in [0.1, 0.15) is 6.42 Å². The van der Waals surface area contributed by atoms with Gasteiger partial charge in [0.1, 0.15) is 5.69 Å². The minimum atomic E-state index is -0.926. The quantitative estimate of drug-likeness (QED) is 0.589. The highest BCUT2D eigenvalue weighted by Crippen LogP contribution is 2.38. The van der Waals surface area contributed by atoms with Crippen LogP contribution in [0, 0.1) is 10.1 Å². The van der Waals surface area contributed by atoms with Gasteiger partial charge in [0.15, 0.2) is 0 Å². The van der Waals surface area contributed by atoms with Crippen molar-refractivity contribution in [3.8, 4) is 0 Å². The average Bonchev–Trinajstić information content (AvgIpc) is 2.62. The monoisotopic (exact) mass is 419 g/mol. The summed E-state index contributed by atoms with van der Waals surface area (Å²) >= 11 is 3.40. The number of rotatable bonds is 5. The summed E-state index contributed by atoms with van der Waals surface area (Å²) in [5.41, 5.74) is 1.43. The topological polar surface area (TPSA) is 86.9 Å². The lowest BCUT2D eigenvalue weighted by Gasteiger charge is -2.43. The first-order valence-electron chi connectivity index (χ1n) is 8.18. The fourth-order valence-corrected chi connectivity index (χ4v) is 3.92. The van der Waals surface area contributed by atoms with E-state index in [9.17, 15) is 20.0 Å². The fraction of sp³-hybridized carbons (Fsp3) is 0.278. The van der Waals surface area contributed by atoms with Crippen LogP contribution in [-0.2, 0) is 4.79 Å². The minimum Gasteiger partial charge on any atom is -0.481 e. The predicted molar refractivity (Wildman–Crippen MR) is 103 cm³/mol. The van der Waals surface area contributed by atoms with Crippen molar-refractivity contribution >= 4 is 39.0 Å². The van der Waals surface area contributed by atoms with Crippen molar-refractivity contribution in [3.63, 3.8) is 0 Å². The number of hydrogen-bond acceptors (Lipinski definition) is 5. The molecule has 0 bridgehead atoms. The number of benzene rings is 2. The molecule has 136 valence electrons. The van der Waals surface area contributed by atoms with E-state index in [0.717, 1.165) is 5.69 Å². The number of anilines is 2. The average molecular weight is 420 g/mol. The van der Waals surface area contributed by atoms with Gasteiger partial charge in [-0.15, -0.1) is 0 Å². The van der Waals surface area contributed by atoms with Crippen LogP contribution in [0.25, 0.3) is 0 Å². The van der Waals surface area contributed by atoms with Gasteiger partial charge in [-0.05, 0) is 34.1 Å². The number of aliphatic carboxylic acids is 1. The van der Waals surface area contributed by atoms with Crippen LogP contribution in [0.15, 0.2) is 53.0 Å². The molecular weight excluding hydrogens is 402 g/mol. The Morgan fingerprint density at radius 3 is 2.58 bits per heavy atom. The fourth-order valence-electron chi connectivity index (χ4n) is 3.33. The standard InChI is InChI=1S/C18H18BrN3O4/c19-15-7-4-8-16(22(25)26)18(15)21-10-9-20(12-14(21)11-17(23)24)13-5-2-1-3-6-13/h1-8,14H,9-12H2,(H,23,24). The number of nitrogens with zero attached hydrogens (tertiary/aromatic N) is 3. The molecule has 0 radical (unpaired) electrons. The van der Waals surface area contributed by atoms with E-state index >= 15 is 0 Å². The Morgan fingerprint density at radius 2 is 1.92 bits per heavy atom. The number of hydrogen-bond donors (Lipinski definition) is 1. The Labute approximate surface area is 159 Å². The van der Waals surface area contributed by atoms with Crippen LogP contribution in [-0.4, -0.2) is 41.7 Å². The molecule has 26 heavy (non-hydrogen) atoms. The van der Waals surface area contributed by atoms with Crippen LogP contribution in [0.5, 0.6) is 0 Å². The summed E-state index contributed by atoms with van der Waals surface area (Å²) in [6, 6.07) is 14.2. The van der Waals surface area contributed by atoms with E-state index < -0.39 is 10.9 Å². The molecule has 1 N–H and O–H groups in total. The number of nitro benzene ring substituents is 1. The molecule has 8 heteroatoms. The number of carboxylic acids is 1. The summed E-state index contributed by atoms with van der Waals surface area (Å²) in [6.07, 6.45) is -0.0954. The number of carbonyl (C=O) groups is 1. The van der Waals surface area contributed by atoms with Gasteiger partial charge in [-0.1, -0.05) is 24.3 Å². The van der Waals surface area contributed by atoms with Gasteiger partial charge in [0.25, 0.3) is 5.69 Å². The smallest absolute Gasteiger partial charge is 0.305 e. The maximum absolute atomic E-state index is 11.5. The molecular formula is C18H18BrN3O4. The van der Waals surface area contributed by atoms with E-state index in [1.54, 1.807) is 12.1 Å². The van der Waals surface area contributed by atoms with Crippen molar-refractivity contribution in [1.29, 1.82) is 0 Å². The summed E-state index contributed by atoms with van der Waals surface area (Å²) < 4.78 is 0.593. The highest BCUT2D eigenvalue weighted by molar-refractivity contribution is 9.10. The molecule has 0 aliphatic carbocycles. The van der Waals surface area contributed by atoms with E-state index in [1.807, 2.05) is 35.2 Å². The molecule has 0 amide bonds. The maximum atomic E-state index is 11.5. The number of piperazine rings is 1. The molecule has 2 aromatic carbocycles. The molecule has 0 spiro atoms. The van der Waals surface area contributed by atoms with Crippen molar-refractivity contribution < 1.29 is 14.8 Å². The highest BCUT2D eigenvalue weighted by atomic mass is 79.9. The van der Waals surface area contributed by atoms with Crippen LogP contribution in [0.2, 0.25) is 0 Å². The molecule has 1 aliphatic rings. The third-order valence-corrected chi connectivity index (χ3v) is 5.10. The van der Waals surface area contributed by atoms with Gasteiger partial charge in [-0.3, -0.25) is 14.9 Å². The van der Waals surface area contributed by atoms with Gasteiger partial charge in [0, 0.05) is 35.9 Å². The summed E-state index contributed by atoms with van der Waals surface area (Å²) in [5.74, 6) is -0.926. The molecule has 1 aliphatic heterocycles. The Balaban J connectivity index is 1.95. The van der Waals surface area contributed by atoms with Gasteiger partial charge in [0.2, 0.25) is 0 Å². The van der Waals surface area contributed by atoms with Gasteiger partial charge >= 0.3 is 5.97 Å². The van der Waals surface area contributed by atoms with Crippen molar-refractivity contribution in [2.75, 3.05) is 29.4 Å². The largest absolute Gasteiger partial charge is 0.481 e. The molecule has 1 unspecified atom stereocenters. The van der Waals surface area contributed by atoms with Crippen LogP contribution in [0.3, 0.4) is 0 Å². The molecule has 0 aromatic heterocycles. The van der Waals surface area contributed by atoms with Crippen molar-refractivity contribution in [3.05, 3.63) is 63.1 Å². The lowest BCUT2D eigenvalue weighted by Crippen LogP contribution is -2.54. The highest BCUT2D eigenvalue weighted by Gasteiger charge is 2.33. The Hall–Kier alpha value is -2.61. The zero-order valence-electron chi connectivity index (χ0n) is 13.9. The van der Waals surface area contributed by atoms with Crippen molar-refractivity contribution in [2.24, 2.45) is 0 Å². The molecule has 1 saturated heterocycles. The summed E-state index contributed by atoms with van der Waals surface area (Å²) in [7, 11) is 0. The van der Waals surface area contributed by atoms with Gasteiger partial charge in [0.05, 0.1) is 17.4 Å². The Bertz CT molecular complexity index is 815. The maximum Gasteiger partial charge on any atom is 0.305 e. The number of halogens is 1. The molecule has 1 heterocycles. The van der Waals surface area contributed by atoms with E-state index in [-0.39, 0.29) is 18.2 Å². The van der Waals surface area contributed by atoms with E-state index in [2.05, 4.69) is 20.8 Å². The summed E-state index contributed by atoms with van der Waals surface area (Å²) in [4.78, 5) is 26.4. The zero-order chi connectivity index (χ0) is 18.7. The number of nitro groups is 1. The molecule has 0 saturated carbocycles. The second kappa shape index (κ2) is 7.74. The number of para-hydroxylation sites is 2. The molecule has 3 rings (SSSR count). The van der Waals surface area contributed by atoms with Gasteiger partial charge in [-0.2, -0.15) is 0 Å². The van der Waals surface area contributed by atoms with E-state index in [4.69, 9.17) is 0 Å². The summed E-state index contributed by atoms with van der Waals surface area (Å²) in [5, 5.41) is 20.8. The number of carboxylic acid groups (broad SMARTS) is 1. The third-order valence-electron chi connectivity index (χ3n) is 4.46. The molecule has 1 atom stereocenters. The third kappa shape index (κ3) is 3.80. The lowest BCUT2D eigenvalue weighted by atomic mass is 10.1. The van der Waals surface area contributed by atoms with Gasteiger partial charge in [-0.25, -0.2) is 0 Å². The zero-order valence-corrected chi connectivity index (χ0v) is 15.5. The van der Waals surface area contributed by atoms with Crippen molar-refractivity contribution in [1.82, 2.24) is 0 Å². The van der Waals surface area contributed by atoms with Crippen LogP contribution in [0.4, 0.5) is 17.1 Å². The van der Waals surface area contributed by atoms with Crippen LogP contribution < -0.4 is 9.80 Å². The lowest BCUT2D eigenvalue weighted by molar-refractivity contribution is -0.384. The molecule has 2 aromatic rings. The first kappa shape index (κ1) is 18.2. The first-order chi connectivity index (χ1) is 12.5. The second-order valence-electron chi connectivity index (χ2n) is 6.09. The minimum absolute atomic E-state index is 0.0251. The van der Waals surface area contributed by atoms with E-state index in [0.29, 0.717) is 29.8 Å².